The first-order chi connectivity index (χ1) is 7.84. The van der Waals surface area contributed by atoms with Crippen LogP contribution in [0.5, 0.6) is 0 Å². The third-order valence-electron chi connectivity index (χ3n) is 2.42. The van der Waals surface area contributed by atoms with E-state index in [1.165, 1.54) is 11.1 Å². The zero-order chi connectivity index (χ0) is 11.2. The molecule has 0 aliphatic carbocycles. The van der Waals surface area contributed by atoms with Gasteiger partial charge in [0, 0.05) is 20.5 Å². The van der Waals surface area contributed by atoms with Crippen LogP contribution in [-0.4, -0.2) is 4.89 Å². The highest BCUT2D eigenvalue weighted by Gasteiger charge is 2.05. The van der Waals surface area contributed by atoms with Crippen LogP contribution in [0.4, 0.5) is 0 Å². The SMILES string of the molecule is OP(Cc1ccccc1)Cc1ccccc1. The summed E-state index contributed by atoms with van der Waals surface area (Å²) in [6.45, 7) is 0. The summed E-state index contributed by atoms with van der Waals surface area (Å²) in [5, 5.41) is 0. The molecule has 0 saturated heterocycles. The van der Waals surface area contributed by atoms with Crippen molar-refractivity contribution in [1.82, 2.24) is 0 Å². The van der Waals surface area contributed by atoms with Gasteiger partial charge in [-0.3, -0.25) is 0 Å². The minimum absolute atomic E-state index is 0.783. The molecular formula is C14H15OP. The third-order valence-corrected chi connectivity index (χ3v) is 3.88. The van der Waals surface area contributed by atoms with E-state index in [4.69, 9.17) is 0 Å². The summed E-state index contributed by atoms with van der Waals surface area (Å²) in [7, 11) is -0.933. The quantitative estimate of drug-likeness (QED) is 0.792. The first-order valence-electron chi connectivity index (χ1n) is 5.36. The topological polar surface area (TPSA) is 20.2 Å². The second kappa shape index (κ2) is 5.79. The van der Waals surface area contributed by atoms with Crippen molar-refractivity contribution in [3.05, 3.63) is 71.8 Å². The summed E-state index contributed by atoms with van der Waals surface area (Å²) in [5.41, 5.74) is 2.43. The van der Waals surface area contributed by atoms with E-state index in [2.05, 4.69) is 24.3 Å². The van der Waals surface area contributed by atoms with Gasteiger partial charge in [0.2, 0.25) is 0 Å². The molecule has 2 rings (SSSR count). The van der Waals surface area contributed by atoms with Crippen molar-refractivity contribution in [2.24, 2.45) is 0 Å². The van der Waals surface area contributed by atoms with Crippen LogP contribution in [0, 0.1) is 0 Å². The molecule has 2 heteroatoms. The van der Waals surface area contributed by atoms with Gasteiger partial charge in [0.05, 0.1) is 0 Å². The molecule has 0 spiro atoms. The fourth-order valence-corrected chi connectivity index (χ4v) is 3.02. The van der Waals surface area contributed by atoms with E-state index >= 15 is 0 Å². The molecule has 82 valence electrons. The van der Waals surface area contributed by atoms with E-state index in [0.29, 0.717) is 0 Å². The molecule has 0 heterocycles. The van der Waals surface area contributed by atoms with Gasteiger partial charge >= 0.3 is 0 Å². The lowest BCUT2D eigenvalue weighted by Gasteiger charge is -2.10. The molecule has 16 heavy (non-hydrogen) atoms. The molecule has 0 unspecified atom stereocenters. The molecule has 1 nitrogen and oxygen atoms in total. The zero-order valence-corrected chi connectivity index (χ0v) is 9.98. The second-order valence-electron chi connectivity index (χ2n) is 3.79. The molecule has 0 saturated carbocycles. The molecule has 0 radical (unpaired) electrons. The Bertz CT molecular complexity index is 372. The van der Waals surface area contributed by atoms with Crippen LogP contribution < -0.4 is 0 Å². The Labute approximate surface area is 97.6 Å². The lowest BCUT2D eigenvalue weighted by molar-refractivity contribution is 0.621. The van der Waals surface area contributed by atoms with Crippen molar-refractivity contribution < 1.29 is 4.89 Å². The van der Waals surface area contributed by atoms with E-state index in [9.17, 15) is 4.89 Å². The van der Waals surface area contributed by atoms with Crippen LogP contribution >= 0.6 is 8.15 Å². The summed E-state index contributed by atoms with van der Waals surface area (Å²) in [4.78, 5) is 10.0. The largest absolute Gasteiger partial charge is 0.373 e. The van der Waals surface area contributed by atoms with Gasteiger partial charge in [-0.25, -0.2) is 0 Å². The third kappa shape index (κ3) is 3.44. The van der Waals surface area contributed by atoms with Crippen LogP contribution in [-0.2, 0) is 12.3 Å². The van der Waals surface area contributed by atoms with Gasteiger partial charge in [-0.2, -0.15) is 0 Å². The minimum Gasteiger partial charge on any atom is -0.373 e. The van der Waals surface area contributed by atoms with E-state index < -0.39 is 8.15 Å². The molecule has 0 amide bonds. The molecule has 0 aliphatic rings. The zero-order valence-electron chi connectivity index (χ0n) is 9.08. The molecule has 1 N–H and O–H groups in total. The smallest absolute Gasteiger partial charge is 0.0340 e. The number of hydrogen-bond donors (Lipinski definition) is 1. The summed E-state index contributed by atoms with van der Waals surface area (Å²) >= 11 is 0. The Kier molecular flexibility index (Phi) is 4.10. The molecule has 2 aromatic carbocycles. The van der Waals surface area contributed by atoms with Crippen molar-refractivity contribution in [3.63, 3.8) is 0 Å². The summed E-state index contributed by atoms with van der Waals surface area (Å²) in [5.74, 6) is 0. The van der Waals surface area contributed by atoms with Crippen LogP contribution in [0.3, 0.4) is 0 Å². The van der Waals surface area contributed by atoms with Gasteiger partial charge in [-0.1, -0.05) is 60.7 Å². The fourth-order valence-electron chi connectivity index (χ4n) is 1.64. The van der Waals surface area contributed by atoms with Crippen molar-refractivity contribution in [1.29, 1.82) is 0 Å². The monoisotopic (exact) mass is 230 g/mol. The minimum atomic E-state index is -0.933. The van der Waals surface area contributed by atoms with Gasteiger partial charge in [0.1, 0.15) is 0 Å². The van der Waals surface area contributed by atoms with E-state index in [1.807, 2.05) is 36.4 Å². The standard InChI is InChI=1S/C14H15OP/c15-16(11-13-7-3-1-4-8-13)12-14-9-5-2-6-10-14/h1-10,15H,11-12H2. The summed E-state index contributed by atoms with van der Waals surface area (Å²) in [6, 6.07) is 20.3. The van der Waals surface area contributed by atoms with Crippen LogP contribution in [0.1, 0.15) is 11.1 Å². The van der Waals surface area contributed by atoms with Crippen molar-refractivity contribution >= 4 is 8.15 Å². The van der Waals surface area contributed by atoms with Crippen LogP contribution in [0.2, 0.25) is 0 Å². The molecule has 0 bridgehead atoms. The van der Waals surface area contributed by atoms with Crippen molar-refractivity contribution in [2.45, 2.75) is 12.3 Å². The van der Waals surface area contributed by atoms with Crippen molar-refractivity contribution in [2.75, 3.05) is 0 Å². The molecule has 0 aromatic heterocycles. The van der Waals surface area contributed by atoms with Gasteiger partial charge in [0.25, 0.3) is 0 Å². The van der Waals surface area contributed by atoms with E-state index in [-0.39, 0.29) is 0 Å². The van der Waals surface area contributed by atoms with Crippen molar-refractivity contribution in [3.8, 4) is 0 Å². The van der Waals surface area contributed by atoms with Crippen LogP contribution in [0.25, 0.3) is 0 Å². The Morgan fingerprint density at radius 2 is 1.06 bits per heavy atom. The number of rotatable bonds is 4. The Morgan fingerprint density at radius 3 is 1.44 bits per heavy atom. The Morgan fingerprint density at radius 1 is 0.688 bits per heavy atom. The average Bonchev–Trinajstić information content (AvgIpc) is 2.31. The molecular weight excluding hydrogens is 215 g/mol. The fraction of sp³-hybridized carbons (Fsp3) is 0.143. The first-order valence-corrected chi connectivity index (χ1v) is 7.03. The van der Waals surface area contributed by atoms with Crippen LogP contribution in [0.15, 0.2) is 60.7 Å². The van der Waals surface area contributed by atoms with Gasteiger partial charge in [-0.15, -0.1) is 0 Å². The highest BCUT2D eigenvalue weighted by Crippen LogP contribution is 2.38. The molecule has 0 aliphatic heterocycles. The summed E-state index contributed by atoms with van der Waals surface area (Å²) in [6.07, 6.45) is 1.57. The first kappa shape index (κ1) is 11.3. The highest BCUT2D eigenvalue weighted by atomic mass is 31.1. The molecule has 2 aromatic rings. The Balaban J connectivity index is 1.92. The maximum Gasteiger partial charge on any atom is 0.0340 e. The molecule has 0 atom stereocenters. The summed E-state index contributed by atoms with van der Waals surface area (Å²) < 4.78 is 0. The van der Waals surface area contributed by atoms with Gasteiger partial charge in [-0.05, 0) is 11.1 Å². The normalized spacial score (nSPS) is 10.6. The number of hydrogen-bond acceptors (Lipinski definition) is 1. The number of benzene rings is 2. The van der Waals surface area contributed by atoms with E-state index in [1.54, 1.807) is 0 Å². The lowest BCUT2D eigenvalue weighted by Crippen LogP contribution is -1.87. The van der Waals surface area contributed by atoms with Gasteiger partial charge in [0.15, 0.2) is 0 Å². The molecule has 0 fully saturated rings. The maximum atomic E-state index is 10.0. The highest BCUT2D eigenvalue weighted by molar-refractivity contribution is 7.49. The lowest BCUT2D eigenvalue weighted by atomic mass is 10.2. The van der Waals surface area contributed by atoms with E-state index in [0.717, 1.165) is 12.3 Å². The average molecular weight is 230 g/mol. The predicted molar refractivity (Wildman–Crippen MR) is 69.4 cm³/mol. The van der Waals surface area contributed by atoms with Gasteiger partial charge < -0.3 is 4.89 Å². The second-order valence-corrected chi connectivity index (χ2v) is 5.44. The predicted octanol–water partition coefficient (Wildman–Crippen LogP) is 3.78. The maximum absolute atomic E-state index is 10.0. The Hall–Kier alpha value is -1.17.